The van der Waals surface area contributed by atoms with Crippen molar-refractivity contribution < 1.29 is 23.5 Å². The number of carbonyl (C=O) groups excluding carboxylic acids is 1. The minimum absolute atomic E-state index is 0.122. The largest absolute Gasteiger partial charge is 0.461 e. The van der Waals surface area contributed by atoms with E-state index in [2.05, 4.69) is 15.4 Å². The van der Waals surface area contributed by atoms with Crippen molar-refractivity contribution in [3.8, 4) is 0 Å². The van der Waals surface area contributed by atoms with Crippen LogP contribution in [0.15, 0.2) is 6.20 Å². The molecule has 1 aromatic heterocycles. The van der Waals surface area contributed by atoms with E-state index in [9.17, 15) is 14.3 Å². The predicted molar refractivity (Wildman–Crippen MR) is 84.4 cm³/mol. The Labute approximate surface area is 135 Å². The number of hydrogen-bond acceptors (Lipinski definition) is 6. The fraction of sp³-hybridized carbons (Fsp3) is 0.692. The maximum atomic E-state index is 11.8. The maximum Gasteiger partial charge on any atom is 0.402 e. The van der Waals surface area contributed by atoms with Crippen LogP contribution in [0, 0.1) is 0 Å². The Balaban J connectivity index is 2.14. The monoisotopic (exact) mass is 346 g/mol. The van der Waals surface area contributed by atoms with Gasteiger partial charge in [0.05, 0.1) is 19.3 Å². The molecule has 23 heavy (non-hydrogen) atoms. The first-order valence-electron chi connectivity index (χ1n) is 7.61. The maximum absolute atomic E-state index is 11.8. The number of imidazole rings is 1. The van der Waals surface area contributed by atoms with Crippen LogP contribution in [-0.4, -0.2) is 46.2 Å². The van der Waals surface area contributed by atoms with Gasteiger partial charge in [0, 0.05) is 18.8 Å². The molecule has 1 aliphatic rings. The Morgan fingerprint density at radius 3 is 2.96 bits per heavy atom. The molecule has 10 heteroatoms. The molecule has 0 amide bonds. The molecule has 0 fully saturated rings. The molecule has 0 radical (unpaired) electrons. The number of nitrogens with zero attached hydrogens (tertiary/aromatic N) is 2. The summed E-state index contributed by atoms with van der Waals surface area (Å²) in [6.07, 6.45) is 2.31. The summed E-state index contributed by atoms with van der Waals surface area (Å²) in [5.74, 6) is 0.0560. The number of carbonyl (C=O) groups is 1. The highest BCUT2D eigenvalue weighted by Gasteiger charge is 2.29. The summed E-state index contributed by atoms with van der Waals surface area (Å²) in [4.78, 5) is 25.7. The third kappa shape index (κ3) is 4.54. The second-order valence-corrected chi connectivity index (χ2v) is 6.93. The number of fused-ring (bicyclic) bond motifs is 1. The van der Waals surface area contributed by atoms with Crippen LogP contribution in [0.25, 0.3) is 0 Å². The molecule has 3 atom stereocenters. The number of ether oxygens (including phenoxy) is 1. The number of aromatic nitrogens is 2. The van der Waals surface area contributed by atoms with Crippen LogP contribution < -0.4 is 10.4 Å². The summed E-state index contributed by atoms with van der Waals surface area (Å²) in [6.45, 7) is 6.01. The van der Waals surface area contributed by atoms with E-state index < -0.39 is 13.7 Å². The minimum atomic E-state index is -3.81. The Morgan fingerprint density at radius 2 is 2.30 bits per heavy atom. The molecular formula is C13H23N4O5P. The molecule has 3 unspecified atom stereocenters. The summed E-state index contributed by atoms with van der Waals surface area (Å²) in [6, 6.07) is -0.00484. The number of anilines is 1. The fourth-order valence-corrected chi connectivity index (χ4v) is 3.39. The summed E-state index contributed by atoms with van der Waals surface area (Å²) >= 11 is 0. The summed E-state index contributed by atoms with van der Waals surface area (Å²) in [5, 5.41) is 5.73. The summed E-state index contributed by atoms with van der Waals surface area (Å²) in [5.41, 5.74) is 0.213. The van der Waals surface area contributed by atoms with Crippen molar-refractivity contribution in [1.82, 2.24) is 14.6 Å². The Kier molecular flexibility index (Phi) is 5.80. The zero-order valence-corrected chi connectivity index (χ0v) is 14.4. The molecular weight excluding hydrogens is 323 g/mol. The van der Waals surface area contributed by atoms with Crippen molar-refractivity contribution in [1.29, 1.82) is 0 Å². The number of hydrogen-bond donors (Lipinski definition) is 3. The van der Waals surface area contributed by atoms with Crippen molar-refractivity contribution in [2.45, 2.75) is 39.3 Å². The van der Waals surface area contributed by atoms with E-state index in [1.165, 1.54) is 0 Å². The van der Waals surface area contributed by atoms with Gasteiger partial charge in [0.1, 0.15) is 0 Å². The standard InChI is InChI=1S/C13H23N4O5P/c1-4-21-12(18)11-8-17-10(6-9(3)15-13(17)16-11)7-14-23(19,20)22-5-2/h8-10H,4-7H2,1-3H3,(H,15,16)(H2,14,19,20). The molecule has 0 bridgehead atoms. The first kappa shape index (κ1) is 17.9. The van der Waals surface area contributed by atoms with Crippen LogP contribution in [0.1, 0.15) is 43.7 Å². The van der Waals surface area contributed by atoms with Crippen molar-refractivity contribution >= 4 is 19.7 Å². The van der Waals surface area contributed by atoms with Gasteiger partial charge in [-0.1, -0.05) is 0 Å². The number of esters is 1. The van der Waals surface area contributed by atoms with Crippen LogP contribution >= 0.6 is 7.75 Å². The van der Waals surface area contributed by atoms with Crippen molar-refractivity contribution in [2.75, 3.05) is 25.1 Å². The molecule has 3 N–H and O–H groups in total. The normalized spacial score (nSPS) is 22.8. The van der Waals surface area contributed by atoms with Crippen LogP contribution in [0.2, 0.25) is 0 Å². The first-order valence-corrected chi connectivity index (χ1v) is 9.19. The van der Waals surface area contributed by atoms with Gasteiger partial charge in [-0.2, -0.15) is 0 Å². The molecule has 0 spiro atoms. The average molecular weight is 346 g/mol. The van der Waals surface area contributed by atoms with Crippen molar-refractivity contribution in [3.05, 3.63) is 11.9 Å². The lowest BCUT2D eigenvalue weighted by molar-refractivity contribution is 0.0520. The Bertz CT molecular complexity index is 605. The predicted octanol–water partition coefficient (Wildman–Crippen LogP) is 1.53. The highest BCUT2D eigenvalue weighted by molar-refractivity contribution is 7.50. The van der Waals surface area contributed by atoms with Crippen molar-refractivity contribution in [2.24, 2.45) is 0 Å². The minimum Gasteiger partial charge on any atom is -0.461 e. The molecule has 0 saturated carbocycles. The average Bonchev–Trinajstić information content (AvgIpc) is 2.89. The summed E-state index contributed by atoms with van der Waals surface area (Å²) < 4.78 is 23.3. The van der Waals surface area contributed by atoms with Crippen LogP contribution in [0.4, 0.5) is 5.95 Å². The molecule has 0 saturated heterocycles. The Morgan fingerprint density at radius 1 is 1.57 bits per heavy atom. The van der Waals surface area contributed by atoms with Crippen molar-refractivity contribution in [3.63, 3.8) is 0 Å². The van der Waals surface area contributed by atoms with Gasteiger partial charge in [-0.3, -0.25) is 4.52 Å². The highest BCUT2D eigenvalue weighted by Crippen LogP contribution is 2.37. The molecule has 1 aromatic rings. The van der Waals surface area contributed by atoms with Gasteiger partial charge in [-0.05, 0) is 27.2 Å². The van der Waals surface area contributed by atoms with E-state index in [0.717, 1.165) is 0 Å². The lowest BCUT2D eigenvalue weighted by Crippen LogP contribution is -2.34. The number of rotatable bonds is 7. The van der Waals surface area contributed by atoms with E-state index in [1.807, 2.05) is 6.92 Å². The van der Waals surface area contributed by atoms with Gasteiger partial charge in [0.2, 0.25) is 5.95 Å². The summed E-state index contributed by atoms with van der Waals surface area (Å²) in [7, 11) is -3.81. The molecule has 2 rings (SSSR count). The molecule has 1 aliphatic heterocycles. The molecule has 0 aliphatic carbocycles. The zero-order chi connectivity index (χ0) is 17.0. The highest BCUT2D eigenvalue weighted by atomic mass is 31.2. The van der Waals surface area contributed by atoms with Gasteiger partial charge in [-0.25, -0.2) is 19.4 Å². The second-order valence-electron chi connectivity index (χ2n) is 5.31. The van der Waals surface area contributed by atoms with E-state index in [0.29, 0.717) is 12.4 Å². The van der Waals surface area contributed by atoms with Crippen LogP contribution in [0.3, 0.4) is 0 Å². The van der Waals surface area contributed by atoms with Gasteiger partial charge in [-0.15, -0.1) is 0 Å². The fourth-order valence-electron chi connectivity index (χ4n) is 2.51. The lowest BCUT2D eigenvalue weighted by Gasteiger charge is -2.31. The lowest BCUT2D eigenvalue weighted by atomic mass is 10.1. The SMILES string of the molecule is CCOC(=O)c1cn2c(n1)NC(C)CC2CNP(=O)(O)OCC. The zero-order valence-electron chi connectivity index (χ0n) is 13.5. The second kappa shape index (κ2) is 7.44. The molecule has 9 nitrogen and oxygen atoms in total. The van der Waals surface area contributed by atoms with Gasteiger partial charge < -0.3 is 19.5 Å². The quantitative estimate of drug-likeness (QED) is 0.503. The number of nitrogens with one attached hydrogen (secondary N) is 2. The van der Waals surface area contributed by atoms with E-state index in [1.54, 1.807) is 24.6 Å². The van der Waals surface area contributed by atoms with Crippen LogP contribution in [-0.2, 0) is 13.8 Å². The van der Waals surface area contributed by atoms with Gasteiger partial charge in [0.15, 0.2) is 5.69 Å². The van der Waals surface area contributed by atoms with E-state index >= 15 is 0 Å². The Hall–Kier alpha value is -1.41. The first-order chi connectivity index (χ1) is 10.9. The third-order valence-corrected chi connectivity index (χ3v) is 4.63. The topological polar surface area (TPSA) is 115 Å². The van der Waals surface area contributed by atoms with Gasteiger partial charge >= 0.3 is 13.7 Å². The smallest absolute Gasteiger partial charge is 0.402 e. The van der Waals surface area contributed by atoms with Gasteiger partial charge in [0.25, 0.3) is 0 Å². The molecule has 2 heterocycles. The molecule has 130 valence electrons. The third-order valence-electron chi connectivity index (χ3n) is 3.44. The molecule has 0 aromatic carbocycles. The van der Waals surface area contributed by atoms with E-state index in [4.69, 9.17) is 9.26 Å². The van der Waals surface area contributed by atoms with Crippen LogP contribution in [0.5, 0.6) is 0 Å². The van der Waals surface area contributed by atoms with E-state index in [-0.39, 0.29) is 37.5 Å².